The number of rotatable bonds is 2. The molecule has 0 radical (unpaired) electrons. The van der Waals surface area contributed by atoms with Crippen molar-refractivity contribution in [1.29, 1.82) is 0 Å². The zero-order valence-corrected chi connectivity index (χ0v) is 7.81. The van der Waals surface area contributed by atoms with Crippen molar-refractivity contribution < 1.29 is 19.1 Å². The Morgan fingerprint density at radius 2 is 2.14 bits per heavy atom. The SMILES string of the molecule is O=Cc1c([O-])on[n+]1C1CCCCC1. The summed E-state index contributed by atoms with van der Waals surface area (Å²) in [6, 6.07) is 0.162. The van der Waals surface area contributed by atoms with E-state index in [0.717, 1.165) is 25.7 Å². The van der Waals surface area contributed by atoms with Crippen molar-refractivity contribution in [3.63, 3.8) is 0 Å². The van der Waals surface area contributed by atoms with Crippen molar-refractivity contribution >= 4 is 6.29 Å². The van der Waals surface area contributed by atoms with E-state index in [1.807, 2.05) is 0 Å². The Kier molecular flexibility index (Phi) is 2.47. The Bertz CT molecular complexity index is 329. The molecule has 1 heterocycles. The molecule has 1 fully saturated rings. The van der Waals surface area contributed by atoms with E-state index >= 15 is 0 Å². The zero-order valence-electron chi connectivity index (χ0n) is 7.81. The fourth-order valence-corrected chi connectivity index (χ4v) is 1.96. The highest BCUT2D eigenvalue weighted by molar-refractivity contribution is 5.71. The summed E-state index contributed by atoms with van der Waals surface area (Å²) in [4.78, 5) is 10.6. The predicted octanol–water partition coefficient (Wildman–Crippen LogP) is 0.353. The van der Waals surface area contributed by atoms with Crippen LogP contribution in [0.2, 0.25) is 0 Å². The van der Waals surface area contributed by atoms with Crippen LogP contribution in [0.15, 0.2) is 4.52 Å². The maximum atomic E-state index is 11.0. The third-order valence-corrected chi connectivity index (χ3v) is 2.70. The molecule has 0 atom stereocenters. The summed E-state index contributed by atoms with van der Waals surface area (Å²) < 4.78 is 5.90. The summed E-state index contributed by atoms with van der Waals surface area (Å²) in [5, 5.41) is 14.6. The van der Waals surface area contributed by atoms with E-state index in [0.29, 0.717) is 6.29 Å². The van der Waals surface area contributed by atoms with Gasteiger partial charge in [-0.25, -0.2) is 0 Å². The monoisotopic (exact) mass is 196 g/mol. The molecule has 14 heavy (non-hydrogen) atoms. The van der Waals surface area contributed by atoms with Crippen molar-refractivity contribution in [1.82, 2.24) is 5.27 Å². The van der Waals surface area contributed by atoms with Crippen LogP contribution in [-0.4, -0.2) is 11.6 Å². The lowest BCUT2D eigenvalue weighted by Gasteiger charge is -2.14. The lowest BCUT2D eigenvalue weighted by atomic mass is 9.95. The molecule has 5 heteroatoms. The van der Waals surface area contributed by atoms with Crippen LogP contribution in [0.1, 0.15) is 48.6 Å². The number of carbonyl (C=O) groups is 1. The maximum Gasteiger partial charge on any atom is 0.296 e. The fourth-order valence-electron chi connectivity index (χ4n) is 1.96. The number of aldehydes is 1. The Balaban J connectivity index is 2.25. The second-order valence-electron chi connectivity index (χ2n) is 3.60. The summed E-state index contributed by atoms with van der Waals surface area (Å²) in [5.74, 6) is -0.634. The van der Waals surface area contributed by atoms with Gasteiger partial charge in [-0.15, -0.1) is 0 Å². The lowest BCUT2D eigenvalue weighted by molar-refractivity contribution is -0.788. The second-order valence-corrected chi connectivity index (χ2v) is 3.60. The molecule has 1 aliphatic carbocycles. The van der Waals surface area contributed by atoms with Crippen LogP contribution in [0.4, 0.5) is 0 Å². The molecule has 1 saturated carbocycles. The van der Waals surface area contributed by atoms with Gasteiger partial charge in [-0.05, 0) is 12.8 Å². The van der Waals surface area contributed by atoms with Gasteiger partial charge in [-0.3, -0.25) is 4.79 Å². The minimum absolute atomic E-state index is 0.0388. The van der Waals surface area contributed by atoms with Gasteiger partial charge in [0, 0.05) is 12.8 Å². The molecule has 0 unspecified atom stereocenters. The van der Waals surface area contributed by atoms with Crippen LogP contribution in [-0.2, 0) is 0 Å². The highest BCUT2D eigenvalue weighted by Crippen LogP contribution is 2.24. The van der Waals surface area contributed by atoms with Crippen molar-refractivity contribution in [2.75, 3.05) is 0 Å². The van der Waals surface area contributed by atoms with Gasteiger partial charge < -0.3 is 9.63 Å². The minimum atomic E-state index is -0.634. The number of hydrogen-bond acceptors (Lipinski definition) is 4. The van der Waals surface area contributed by atoms with Crippen molar-refractivity contribution in [2.24, 2.45) is 0 Å². The van der Waals surface area contributed by atoms with E-state index in [2.05, 4.69) is 9.79 Å². The Labute approximate surface area is 81.3 Å². The molecule has 0 aliphatic heterocycles. The van der Waals surface area contributed by atoms with Crippen LogP contribution in [0, 0.1) is 0 Å². The number of aromatic nitrogens is 2. The Hall–Kier alpha value is -1.39. The predicted molar refractivity (Wildman–Crippen MR) is 43.7 cm³/mol. The maximum absolute atomic E-state index is 11.0. The summed E-state index contributed by atoms with van der Waals surface area (Å²) >= 11 is 0. The first-order chi connectivity index (χ1) is 6.83. The second kappa shape index (κ2) is 3.77. The fraction of sp³-hybridized carbons (Fsp3) is 0.667. The molecule has 5 nitrogen and oxygen atoms in total. The van der Waals surface area contributed by atoms with Crippen LogP contribution < -0.4 is 9.79 Å². The Morgan fingerprint density at radius 3 is 2.79 bits per heavy atom. The van der Waals surface area contributed by atoms with E-state index in [1.54, 1.807) is 0 Å². The van der Waals surface area contributed by atoms with Gasteiger partial charge in [-0.1, -0.05) is 11.1 Å². The first-order valence-corrected chi connectivity index (χ1v) is 4.86. The zero-order chi connectivity index (χ0) is 9.97. The van der Waals surface area contributed by atoms with Gasteiger partial charge in [0.05, 0.1) is 5.27 Å². The van der Waals surface area contributed by atoms with Crippen molar-refractivity contribution in [2.45, 2.75) is 38.1 Å². The molecule has 0 aromatic carbocycles. The molecule has 0 saturated heterocycles. The van der Waals surface area contributed by atoms with Gasteiger partial charge in [0.25, 0.3) is 5.69 Å². The molecule has 0 N–H and O–H groups in total. The van der Waals surface area contributed by atoms with Crippen LogP contribution in [0.25, 0.3) is 0 Å². The van der Waals surface area contributed by atoms with Gasteiger partial charge in [0.15, 0.2) is 12.0 Å². The van der Waals surface area contributed by atoms with Gasteiger partial charge in [0.2, 0.25) is 6.29 Å². The molecule has 1 aromatic heterocycles. The average Bonchev–Trinajstić information content (AvgIpc) is 2.61. The third-order valence-electron chi connectivity index (χ3n) is 2.70. The quantitative estimate of drug-likeness (QED) is 0.505. The minimum Gasteiger partial charge on any atom is -0.539 e. The summed E-state index contributed by atoms with van der Waals surface area (Å²) in [6.07, 6.45) is 5.92. The molecule has 1 aliphatic rings. The molecule has 76 valence electrons. The standard InChI is InChI=1S/C9H12N2O3/c12-6-8-9(13)14-10-11(8)7-4-2-1-3-5-7/h6-7H,1-5H2. The van der Waals surface area contributed by atoms with Crippen LogP contribution in [0.5, 0.6) is 5.95 Å². The van der Waals surface area contributed by atoms with Gasteiger partial charge >= 0.3 is 0 Å². The molecular weight excluding hydrogens is 184 g/mol. The Morgan fingerprint density at radius 1 is 1.43 bits per heavy atom. The smallest absolute Gasteiger partial charge is 0.296 e. The van der Waals surface area contributed by atoms with Crippen LogP contribution in [0.3, 0.4) is 0 Å². The highest BCUT2D eigenvalue weighted by atomic mass is 16.6. The number of carbonyl (C=O) groups excluding carboxylic acids is 1. The number of hydrogen-bond donors (Lipinski definition) is 0. The molecule has 1 aromatic rings. The molecule has 0 spiro atoms. The summed E-state index contributed by atoms with van der Waals surface area (Å²) in [5.41, 5.74) is 0.0388. The van der Waals surface area contributed by atoms with Gasteiger partial charge in [0.1, 0.15) is 0 Å². The normalized spacial score (nSPS) is 18.3. The van der Waals surface area contributed by atoms with Crippen molar-refractivity contribution in [3.8, 4) is 5.95 Å². The molecule has 0 bridgehead atoms. The molecule has 0 amide bonds. The largest absolute Gasteiger partial charge is 0.539 e. The van der Waals surface area contributed by atoms with Crippen LogP contribution >= 0.6 is 0 Å². The lowest BCUT2D eigenvalue weighted by Crippen LogP contribution is -2.45. The van der Waals surface area contributed by atoms with Gasteiger partial charge in [-0.2, -0.15) is 0 Å². The highest BCUT2D eigenvalue weighted by Gasteiger charge is 2.28. The van der Waals surface area contributed by atoms with Crippen molar-refractivity contribution in [3.05, 3.63) is 5.69 Å². The van der Waals surface area contributed by atoms with E-state index in [1.165, 1.54) is 11.1 Å². The number of nitrogens with zero attached hydrogens (tertiary/aromatic N) is 2. The first kappa shape index (κ1) is 9.18. The third kappa shape index (κ3) is 1.49. The topological polar surface area (TPSA) is 70.0 Å². The van der Waals surface area contributed by atoms with E-state index in [4.69, 9.17) is 0 Å². The molecular formula is C9H12N2O3. The summed E-state index contributed by atoms with van der Waals surface area (Å²) in [6.45, 7) is 0. The van der Waals surface area contributed by atoms with E-state index in [-0.39, 0.29) is 11.7 Å². The molecule has 2 rings (SSSR count). The van der Waals surface area contributed by atoms with E-state index < -0.39 is 5.95 Å². The summed E-state index contributed by atoms with van der Waals surface area (Å²) in [7, 11) is 0. The first-order valence-electron chi connectivity index (χ1n) is 4.86. The van der Waals surface area contributed by atoms with E-state index in [9.17, 15) is 9.90 Å². The average molecular weight is 196 g/mol.